The quantitative estimate of drug-likeness (QED) is 0.763. The summed E-state index contributed by atoms with van der Waals surface area (Å²) in [6, 6.07) is 12.0. The lowest BCUT2D eigenvalue weighted by Gasteiger charge is -2.31. The number of amides is 2. The van der Waals surface area contributed by atoms with E-state index < -0.39 is 15.9 Å². The van der Waals surface area contributed by atoms with Gasteiger partial charge in [-0.05, 0) is 49.9 Å². The highest BCUT2D eigenvalue weighted by molar-refractivity contribution is 7.89. The fourth-order valence-corrected chi connectivity index (χ4v) is 5.53. The summed E-state index contributed by atoms with van der Waals surface area (Å²) in [5, 5.41) is 2.69. The highest BCUT2D eigenvalue weighted by Gasteiger charge is 2.33. The molecule has 2 aromatic rings. The van der Waals surface area contributed by atoms with Gasteiger partial charge in [-0.2, -0.15) is 4.31 Å². The second kappa shape index (κ2) is 9.23. The van der Waals surface area contributed by atoms with Crippen LogP contribution in [0.1, 0.15) is 42.7 Å². The van der Waals surface area contributed by atoms with Crippen molar-refractivity contribution in [2.75, 3.05) is 31.5 Å². The van der Waals surface area contributed by atoms with Crippen molar-refractivity contribution in [3.8, 4) is 0 Å². The number of hydrogen-bond donors (Lipinski definition) is 1. The van der Waals surface area contributed by atoms with Crippen molar-refractivity contribution < 1.29 is 22.4 Å². The van der Waals surface area contributed by atoms with Crippen LogP contribution in [0.2, 0.25) is 0 Å². The summed E-state index contributed by atoms with van der Waals surface area (Å²) in [6.45, 7) is 1.71. The molecule has 2 aliphatic rings. The molecule has 2 saturated heterocycles. The maximum atomic E-state index is 12.9. The molecule has 8 nitrogen and oxygen atoms in total. The van der Waals surface area contributed by atoms with Crippen molar-refractivity contribution in [2.45, 2.75) is 37.2 Å². The molecule has 1 atom stereocenters. The highest BCUT2D eigenvalue weighted by Crippen LogP contribution is 2.25. The van der Waals surface area contributed by atoms with Crippen molar-refractivity contribution in [3.63, 3.8) is 0 Å². The number of furan rings is 1. The smallest absolute Gasteiger partial charge is 0.289 e. The molecule has 3 heterocycles. The van der Waals surface area contributed by atoms with Gasteiger partial charge in [-0.3, -0.25) is 9.59 Å². The van der Waals surface area contributed by atoms with E-state index in [1.54, 1.807) is 4.90 Å². The molecule has 2 fully saturated rings. The number of benzene rings is 1. The molecule has 0 aliphatic carbocycles. The molecule has 166 valence electrons. The van der Waals surface area contributed by atoms with Crippen LogP contribution in [0.5, 0.6) is 0 Å². The molecule has 4 rings (SSSR count). The van der Waals surface area contributed by atoms with E-state index in [4.69, 9.17) is 4.42 Å². The number of piperidine rings is 2. The standard InChI is InChI=1S/C22H27N3O5S/c26-21(23-18-9-3-1-4-10-18)17-8-7-13-24(16-17)22(27)19-11-12-20(30-19)31(28,29)25-14-5-2-6-15-25/h1,3-4,9-12,17H,2,5-8,13-16H2,(H,23,26). The zero-order valence-corrected chi connectivity index (χ0v) is 18.1. The normalized spacial score (nSPS) is 20.4. The largest absolute Gasteiger partial charge is 0.438 e. The van der Waals surface area contributed by atoms with Crippen LogP contribution in [0.4, 0.5) is 5.69 Å². The number of carbonyl (C=O) groups is 2. The lowest BCUT2D eigenvalue weighted by atomic mass is 9.96. The molecule has 1 aromatic heterocycles. The van der Waals surface area contributed by atoms with Gasteiger partial charge >= 0.3 is 0 Å². The Morgan fingerprint density at radius 1 is 0.935 bits per heavy atom. The van der Waals surface area contributed by atoms with Gasteiger partial charge in [0.1, 0.15) is 0 Å². The Morgan fingerprint density at radius 2 is 1.68 bits per heavy atom. The summed E-state index contributed by atoms with van der Waals surface area (Å²) >= 11 is 0. The Bertz CT molecular complexity index is 1030. The maximum Gasteiger partial charge on any atom is 0.289 e. The second-order valence-electron chi connectivity index (χ2n) is 8.03. The second-order valence-corrected chi connectivity index (χ2v) is 9.90. The molecule has 31 heavy (non-hydrogen) atoms. The fraction of sp³-hybridized carbons (Fsp3) is 0.455. The molecule has 0 bridgehead atoms. The van der Waals surface area contributed by atoms with Crippen LogP contribution >= 0.6 is 0 Å². The zero-order valence-electron chi connectivity index (χ0n) is 17.3. The monoisotopic (exact) mass is 445 g/mol. The molecule has 1 aromatic carbocycles. The molecule has 2 amide bonds. The van der Waals surface area contributed by atoms with Crippen LogP contribution in [0.3, 0.4) is 0 Å². The first-order chi connectivity index (χ1) is 14.9. The molecule has 9 heteroatoms. The highest BCUT2D eigenvalue weighted by atomic mass is 32.2. The third kappa shape index (κ3) is 4.83. The van der Waals surface area contributed by atoms with Gasteiger partial charge in [0.15, 0.2) is 5.76 Å². The number of para-hydroxylation sites is 1. The zero-order chi connectivity index (χ0) is 21.8. The van der Waals surface area contributed by atoms with Gasteiger partial charge in [-0.15, -0.1) is 0 Å². The van der Waals surface area contributed by atoms with E-state index >= 15 is 0 Å². The summed E-state index contributed by atoms with van der Waals surface area (Å²) in [4.78, 5) is 27.1. The first kappa shape index (κ1) is 21.6. The van der Waals surface area contributed by atoms with Crippen LogP contribution in [0, 0.1) is 5.92 Å². The van der Waals surface area contributed by atoms with E-state index in [1.807, 2.05) is 30.3 Å². The number of hydrogen-bond acceptors (Lipinski definition) is 5. The third-order valence-electron chi connectivity index (χ3n) is 5.82. The number of likely N-dealkylation sites (tertiary alicyclic amines) is 1. The van der Waals surface area contributed by atoms with E-state index in [0.717, 1.165) is 24.9 Å². The molecule has 0 radical (unpaired) electrons. The Morgan fingerprint density at radius 3 is 2.42 bits per heavy atom. The van der Waals surface area contributed by atoms with Gasteiger partial charge in [0, 0.05) is 31.9 Å². The number of anilines is 1. The van der Waals surface area contributed by atoms with Gasteiger partial charge in [0.25, 0.3) is 15.9 Å². The van der Waals surface area contributed by atoms with Gasteiger partial charge in [0.05, 0.1) is 5.92 Å². The summed E-state index contributed by atoms with van der Waals surface area (Å²) in [5.41, 5.74) is 0.717. The average molecular weight is 446 g/mol. The predicted octanol–water partition coefficient (Wildman–Crippen LogP) is 2.95. The van der Waals surface area contributed by atoms with E-state index in [-0.39, 0.29) is 29.2 Å². The van der Waals surface area contributed by atoms with Crippen molar-refractivity contribution >= 4 is 27.5 Å². The summed E-state index contributed by atoms with van der Waals surface area (Å²) in [7, 11) is -3.73. The Hall–Kier alpha value is -2.65. The minimum Gasteiger partial charge on any atom is -0.438 e. The molecule has 0 saturated carbocycles. The predicted molar refractivity (Wildman–Crippen MR) is 115 cm³/mol. The lowest BCUT2D eigenvalue weighted by molar-refractivity contribution is -0.121. The van der Waals surface area contributed by atoms with E-state index in [2.05, 4.69) is 5.32 Å². The van der Waals surface area contributed by atoms with Crippen molar-refractivity contribution in [1.82, 2.24) is 9.21 Å². The summed E-state index contributed by atoms with van der Waals surface area (Å²) in [5.74, 6) is -0.863. The van der Waals surface area contributed by atoms with Crippen LogP contribution < -0.4 is 5.32 Å². The number of nitrogens with zero attached hydrogens (tertiary/aromatic N) is 2. The lowest BCUT2D eigenvalue weighted by Crippen LogP contribution is -2.43. The van der Waals surface area contributed by atoms with Gasteiger partial charge in [-0.1, -0.05) is 24.6 Å². The van der Waals surface area contributed by atoms with Crippen LogP contribution in [-0.4, -0.2) is 55.6 Å². The third-order valence-corrected chi connectivity index (χ3v) is 7.59. The van der Waals surface area contributed by atoms with Crippen LogP contribution in [-0.2, 0) is 14.8 Å². The van der Waals surface area contributed by atoms with Gasteiger partial charge < -0.3 is 14.6 Å². The van der Waals surface area contributed by atoms with E-state index in [0.29, 0.717) is 32.5 Å². The molecule has 1 unspecified atom stereocenters. The van der Waals surface area contributed by atoms with Crippen molar-refractivity contribution in [2.24, 2.45) is 5.92 Å². The van der Waals surface area contributed by atoms with Gasteiger partial charge in [-0.25, -0.2) is 8.42 Å². The number of sulfonamides is 1. The Kier molecular flexibility index (Phi) is 6.43. The minimum absolute atomic E-state index is 0.0142. The number of nitrogens with one attached hydrogen (secondary N) is 1. The van der Waals surface area contributed by atoms with Gasteiger partial charge in [0.2, 0.25) is 11.0 Å². The van der Waals surface area contributed by atoms with Crippen LogP contribution in [0.25, 0.3) is 0 Å². The molecular weight excluding hydrogens is 418 g/mol. The first-order valence-corrected chi connectivity index (χ1v) is 12.1. The Balaban J connectivity index is 1.42. The molecule has 1 N–H and O–H groups in total. The van der Waals surface area contributed by atoms with Crippen LogP contribution in [0.15, 0.2) is 52.0 Å². The minimum atomic E-state index is -3.73. The molecule has 2 aliphatic heterocycles. The van der Waals surface area contributed by atoms with Crippen molar-refractivity contribution in [1.29, 1.82) is 0 Å². The topological polar surface area (TPSA) is 99.9 Å². The average Bonchev–Trinajstić information content (AvgIpc) is 3.31. The maximum absolute atomic E-state index is 12.9. The molecule has 0 spiro atoms. The number of rotatable bonds is 5. The fourth-order valence-electron chi connectivity index (χ4n) is 4.10. The number of carbonyl (C=O) groups excluding carboxylic acids is 2. The Labute approximate surface area is 182 Å². The van der Waals surface area contributed by atoms with E-state index in [1.165, 1.54) is 16.4 Å². The van der Waals surface area contributed by atoms with Crippen molar-refractivity contribution in [3.05, 3.63) is 48.2 Å². The summed E-state index contributed by atoms with van der Waals surface area (Å²) in [6.07, 6.45) is 4.05. The van der Waals surface area contributed by atoms with E-state index in [9.17, 15) is 18.0 Å². The first-order valence-electron chi connectivity index (χ1n) is 10.7. The SMILES string of the molecule is O=C(Nc1ccccc1)C1CCCN(C(=O)c2ccc(S(=O)(=O)N3CCCCC3)o2)C1. The summed E-state index contributed by atoms with van der Waals surface area (Å²) < 4.78 is 32.4. The molecular formula is C22H27N3O5S.